The van der Waals surface area contributed by atoms with Gasteiger partial charge in [-0.1, -0.05) is 163 Å². The fourth-order valence-electron chi connectivity index (χ4n) is 11.2. The van der Waals surface area contributed by atoms with Gasteiger partial charge in [0.15, 0.2) is 24.6 Å². The number of carbonyl (C=O) groups is 4. The predicted molar refractivity (Wildman–Crippen MR) is 299 cm³/mol. The molecule has 0 unspecified atom stereocenters. The molecule has 18 nitrogen and oxygen atoms in total. The Balaban J connectivity index is 1.30. The summed E-state index contributed by atoms with van der Waals surface area (Å²) in [5.74, 6) is -3.20. The lowest BCUT2D eigenvalue weighted by atomic mass is 9.96. The molecule has 5 aromatic rings. The van der Waals surface area contributed by atoms with Gasteiger partial charge < -0.3 is 46.7 Å². The van der Waals surface area contributed by atoms with E-state index < -0.39 is 122 Å². The van der Waals surface area contributed by atoms with Crippen LogP contribution in [-0.2, 0) is 75.3 Å². The number of aromatic nitrogens is 2. The summed E-state index contributed by atoms with van der Waals surface area (Å²) in [6.07, 6.45) is -13.0. The Morgan fingerprint density at radius 2 is 0.899 bits per heavy atom. The maximum absolute atomic E-state index is 13.9. The lowest BCUT2D eigenvalue weighted by Crippen LogP contribution is -2.70. The summed E-state index contributed by atoms with van der Waals surface area (Å²) in [5.41, 5.74) is -1.30. The molecule has 79 heavy (non-hydrogen) atoms. The van der Waals surface area contributed by atoms with Gasteiger partial charge >= 0.3 is 29.6 Å². The van der Waals surface area contributed by atoms with Gasteiger partial charge in [-0.3, -0.25) is 33.1 Å². The van der Waals surface area contributed by atoms with Crippen molar-refractivity contribution in [2.24, 2.45) is 14.1 Å². The van der Waals surface area contributed by atoms with Gasteiger partial charge in [0.2, 0.25) is 12.2 Å². The van der Waals surface area contributed by atoms with Gasteiger partial charge in [-0.15, -0.1) is 11.8 Å². The van der Waals surface area contributed by atoms with Crippen LogP contribution in [0.2, 0.25) is 10.1 Å². The molecule has 4 heterocycles. The summed E-state index contributed by atoms with van der Waals surface area (Å²) in [6, 6.07) is 39.4. The highest BCUT2D eigenvalue weighted by molar-refractivity contribution is 8.00. The first kappa shape index (κ1) is 59.0. The lowest BCUT2D eigenvalue weighted by Gasteiger charge is -2.51. The first-order chi connectivity index (χ1) is 37.4. The number of esters is 4. The Labute approximate surface area is 466 Å². The van der Waals surface area contributed by atoms with Crippen LogP contribution in [0.25, 0.3) is 0 Å². The minimum absolute atomic E-state index is 0.0405. The van der Waals surface area contributed by atoms with Crippen LogP contribution >= 0.6 is 11.8 Å². The third-order valence-electron chi connectivity index (χ3n) is 14.5. The van der Waals surface area contributed by atoms with Crippen molar-refractivity contribution < 1.29 is 65.9 Å². The average Bonchev–Trinajstić information content (AvgIpc) is 3.52. The number of nitrogens with zero attached hydrogens (tertiary/aromatic N) is 2. The molecule has 0 radical (unpaired) electrons. The molecule has 0 amide bonds. The molecule has 3 aliphatic rings. The topological polar surface area (TPSA) is 205 Å². The molecule has 3 aliphatic heterocycles. The van der Waals surface area contributed by atoms with E-state index in [1.54, 1.807) is 0 Å². The Morgan fingerprint density at radius 1 is 0.519 bits per heavy atom. The van der Waals surface area contributed by atoms with E-state index in [4.69, 9.17) is 46.7 Å². The second kappa shape index (κ2) is 23.9. The Hall–Kier alpha value is -6.18. The molecule has 1 aromatic heterocycles. The number of hydrogen-bond acceptors (Lipinski definition) is 17. The van der Waals surface area contributed by atoms with Crippen molar-refractivity contribution in [3.05, 3.63) is 142 Å². The van der Waals surface area contributed by atoms with Gasteiger partial charge in [-0.2, -0.15) is 0 Å². The number of rotatable bonds is 16. The number of hydrogen-bond donors (Lipinski definition) is 0. The molecule has 2 saturated heterocycles. The van der Waals surface area contributed by atoms with Crippen molar-refractivity contribution in [2.75, 3.05) is 13.2 Å². The van der Waals surface area contributed by atoms with Crippen molar-refractivity contribution in [2.45, 2.75) is 145 Å². The molecular formula is C58H70N2O16SSi2. The first-order valence-corrected chi connectivity index (χ1v) is 30.9. The van der Waals surface area contributed by atoms with Crippen LogP contribution < -0.4 is 36.7 Å². The fourth-order valence-corrected chi connectivity index (χ4v) is 21.7. The summed E-state index contributed by atoms with van der Waals surface area (Å²) in [5, 5.41) is 1.61. The lowest BCUT2D eigenvalue weighted by molar-refractivity contribution is -0.341. The molecule has 422 valence electrons. The monoisotopic (exact) mass is 1140 g/mol. The molecule has 21 heteroatoms. The molecule has 4 aromatic carbocycles. The molecule has 2 fully saturated rings. The van der Waals surface area contributed by atoms with Gasteiger partial charge in [-0.25, -0.2) is 4.79 Å². The van der Waals surface area contributed by atoms with Crippen LogP contribution in [0.3, 0.4) is 0 Å². The third kappa shape index (κ3) is 11.9. The van der Waals surface area contributed by atoms with Gasteiger partial charge in [0.25, 0.3) is 22.2 Å². The van der Waals surface area contributed by atoms with Crippen molar-refractivity contribution in [3.63, 3.8) is 0 Å². The van der Waals surface area contributed by atoms with Crippen molar-refractivity contribution >= 4 is 73.0 Å². The first-order valence-electron chi connectivity index (χ1n) is 26.2. The average molecular weight is 1140 g/mol. The minimum Gasteiger partial charge on any atom is -0.458 e. The smallest absolute Gasteiger partial charge is 0.333 e. The van der Waals surface area contributed by atoms with Crippen LogP contribution in [0, 0.1) is 0 Å². The predicted octanol–water partition coefficient (Wildman–Crippen LogP) is 4.65. The Morgan fingerprint density at radius 3 is 1.30 bits per heavy atom. The highest BCUT2D eigenvalue weighted by atomic mass is 32.2. The summed E-state index contributed by atoms with van der Waals surface area (Å²) in [7, 11) is -3.97. The van der Waals surface area contributed by atoms with Crippen molar-refractivity contribution in [3.8, 4) is 5.88 Å². The molecular weight excluding hydrogens is 1070 g/mol. The van der Waals surface area contributed by atoms with Gasteiger partial charge in [0.05, 0.1) is 13.2 Å². The summed E-state index contributed by atoms with van der Waals surface area (Å²) in [6.45, 7) is 16.8. The minimum atomic E-state index is -3.40. The van der Waals surface area contributed by atoms with E-state index >= 15 is 0 Å². The van der Waals surface area contributed by atoms with E-state index in [1.165, 1.54) is 32.5 Å². The van der Waals surface area contributed by atoms with E-state index in [1.807, 2.05) is 121 Å². The fraction of sp³-hybridized carbons (Fsp3) is 0.448. The molecule has 0 spiro atoms. The van der Waals surface area contributed by atoms with Gasteiger partial charge in [0.1, 0.15) is 34.6 Å². The zero-order valence-electron chi connectivity index (χ0n) is 46.6. The van der Waals surface area contributed by atoms with Crippen molar-refractivity contribution in [1.82, 2.24) is 9.13 Å². The quantitative estimate of drug-likeness (QED) is 0.0749. The zero-order valence-corrected chi connectivity index (χ0v) is 49.4. The standard InChI is InChI=1S/C58H70N2O16SSi2/c1-35(61)69-45-43(33-67-78(57(5,6)7,39-25-17-13-18-26-39)40-27-19-14-20-28-40)73-54(49(72-38(4)64)47(45)70-36(2)62)75-46-44(34-68-79(58(8,9)10,41-29-21-15-22-30-41)42-31-23-16-24-32-42)74-55-50(48(46)71-37(3)63)77-51-52(65)59(11)56(66)60(12)53(51)76-55/h13-32,43-50,54-55H,33-34H2,1-12H3/t43-,44-,45+,46-,47+,48+,49-,50-,54+,55-/m1/s1. The van der Waals surface area contributed by atoms with Gasteiger partial charge in [-0.05, 0) is 30.8 Å². The molecule has 10 atom stereocenters. The Bertz CT molecular complexity index is 3020. The number of fused-ring (bicyclic) bond motifs is 2. The molecule has 0 aliphatic carbocycles. The van der Waals surface area contributed by atoms with E-state index in [9.17, 15) is 28.8 Å². The largest absolute Gasteiger partial charge is 0.458 e. The van der Waals surface area contributed by atoms with Gasteiger partial charge in [0, 0.05) is 41.8 Å². The van der Waals surface area contributed by atoms with E-state index in [0.717, 1.165) is 50.9 Å². The normalized spacial score (nSPS) is 24.2. The summed E-state index contributed by atoms with van der Waals surface area (Å²) >= 11 is 0.980. The highest BCUT2D eigenvalue weighted by Gasteiger charge is 2.60. The van der Waals surface area contributed by atoms with Crippen LogP contribution in [0.5, 0.6) is 5.88 Å². The maximum atomic E-state index is 13.9. The molecule has 8 rings (SSSR count). The van der Waals surface area contributed by atoms with E-state index in [-0.39, 0.29) is 24.0 Å². The number of ether oxygens (including phenoxy) is 8. The molecule has 0 N–H and O–H groups in total. The van der Waals surface area contributed by atoms with Crippen LogP contribution in [0.4, 0.5) is 0 Å². The Kier molecular flexibility index (Phi) is 17.8. The summed E-state index contributed by atoms with van der Waals surface area (Å²) in [4.78, 5) is 80.7. The van der Waals surface area contributed by atoms with Crippen LogP contribution in [-0.4, -0.2) is 123 Å². The molecule has 0 bridgehead atoms. The maximum Gasteiger partial charge on any atom is 0.333 e. The van der Waals surface area contributed by atoms with Crippen molar-refractivity contribution in [1.29, 1.82) is 0 Å². The number of carbonyl (C=O) groups excluding carboxylic acids is 4. The zero-order chi connectivity index (χ0) is 57.2. The third-order valence-corrected chi connectivity index (χ3v) is 25.9. The van der Waals surface area contributed by atoms with E-state index in [2.05, 4.69) is 41.5 Å². The second-order valence-corrected chi connectivity index (χ2v) is 31.8. The van der Waals surface area contributed by atoms with E-state index in [0.29, 0.717) is 0 Å². The van der Waals surface area contributed by atoms with Crippen LogP contribution in [0.15, 0.2) is 136 Å². The second-order valence-electron chi connectivity index (χ2n) is 22.0. The SMILES string of the molecule is CC(=O)O[C@H]1[C@@H](OC(C)=O)[C@@H](CO[Si](c2ccccc2)(c2ccccc2)C(C)(C)C)O[C@@H](O[C@H]2[C@H](OC(C)=O)[C@H]3Sc4c(n(C)c(=O)n(C)c4=O)O[C@H]3O[C@@H]2CO[Si](c2ccccc2)(c2ccccc2)C(C)(C)C)[C@@H]1OC(C)=O. The number of benzene rings is 4. The number of thioether (sulfide) groups is 1. The summed E-state index contributed by atoms with van der Waals surface area (Å²) < 4.78 is 69.0. The van der Waals surface area contributed by atoms with Crippen LogP contribution in [0.1, 0.15) is 69.2 Å². The molecule has 0 saturated carbocycles. The highest BCUT2D eigenvalue weighted by Crippen LogP contribution is 2.46.